The van der Waals surface area contributed by atoms with Gasteiger partial charge in [0, 0.05) is 28.0 Å². The van der Waals surface area contributed by atoms with Crippen LogP contribution in [0.2, 0.25) is 0 Å². The van der Waals surface area contributed by atoms with E-state index in [0.29, 0.717) is 5.69 Å². The number of aromatic amines is 1. The van der Waals surface area contributed by atoms with Crippen LogP contribution in [0.5, 0.6) is 0 Å². The van der Waals surface area contributed by atoms with Crippen molar-refractivity contribution in [1.82, 2.24) is 15.6 Å². The van der Waals surface area contributed by atoms with E-state index in [2.05, 4.69) is 31.5 Å². The Labute approximate surface area is 113 Å². The molecule has 1 aromatic heterocycles. The fourth-order valence-electron chi connectivity index (χ4n) is 2.26. The highest BCUT2D eigenvalue weighted by molar-refractivity contribution is 9.10. The number of benzene rings is 1. The number of carbonyl (C=O) groups is 1. The van der Waals surface area contributed by atoms with E-state index in [0.717, 1.165) is 34.9 Å². The number of nitrogens with one attached hydrogen (secondary N) is 3. The molecule has 2 aromatic rings. The summed E-state index contributed by atoms with van der Waals surface area (Å²) in [6.45, 7) is 1.84. The van der Waals surface area contributed by atoms with Gasteiger partial charge in [-0.15, -0.1) is 0 Å². The van der Waals surface area contributed by atoms with Crippen molar-refractivity contribution in [3.8, 4) is 0 Å². The fourth-order valence-corrected chi connectivity index (χ4v) is 2.62. The van der Waals surface area contributed by atoms with Gasteiger partial charge in [-0.05, 0) is 31.2 Å². The number of carbonyl (C=O) groups excluding carboxylic acids is 1. The molecular weight excluding hydrogens is 294 g/mol. The molecule has 0 bridgehead atoms. The summed E-state index contributed by atoms with van der Waals surface area (Å²) < 4.78 is 1.00. The van der Waals surface area contributed by atoms with E-state index in [-0.39, 0.29) is 11.9 Å². The van der Waals surface area contributed by atoms with E-state index in [1.165, 1.54) is 0 Å². The first kappa shape index (κ1) is 11.7. The molecule has 0 radical (unpaired) electrons. The molecule has 3 rings (SSSR count). The van der Waals surface area contributed by atoms with Crippen LogP contribution in [0.3, 0.4) is 0 Å². The maximum atomic E-state index is 12.1. The van der Waals surface area contributed by atoms with Crippen molar-refractivity contribution in [3.05, 3.63) is 34.4 Å². The average molecular weight is 308 g/mol. The van der Waals surface area contributed by atoms with Gasteiger partial charge in [-0.25, -0.2) is 0 Å². The van der Waals surface area contributed by atoms with Crippen molar-refractivity contribution in [2.75, 3.05) is 13.1 Å². The Morgan fingerprint density at radius 1 is 1.39 bits per heavy atom. The number of fused-ring (bicyclic) bond motifs is 1. The summed E-state index contributed by atoms with van der Waals surface area (Å²) >= 11 is 3.42. The van der Waals surface area contributed by atoms with Crippen molar-refractivity contribution in [2.24, 2.45) is 0 Å². The van der Waals surface area contributed by atoms with Crippen LogP contribution in [0.1, 0.15) is 16.9 Å². The normalized spacial score (nSPS) is 19.3. The minimum atomic E-state index is -0.0315. The Bertz CT molecular complexity index is 587. The molecule has 1 aliphatic heterocycles. The lowest BCUT2D eigenvalue weighted by Crippen LogP contribution is -2.36. The van der Waals surface area contributed by atoms with Gasteiger partial charge in [-0.3, -0.25) is 4.79 Å². The maximum Gasteiger partial charge on any atom is 0.267 e. The molecule has 1 aromatic carbocycles. The molecule has 1 atom stereocenters. The van der Waals surface area contributed by atoms with Gasteiger partial charge in [0.15, 0.2) is 0 Å². The molecule has 0 aliphatic carbocycles. The molecule has 94 valence electrons. The maximum absolute atomic E-state index is 12.1. The number of aromatic nitrogens is 1. The number of hydrogen-bond acceptors (Lipinski definition) is 2. The fraction of sp³-hybridized carbons (Fsp3) is 0.308. The third-order valence-electron chi connectivity index (χ3n) is 3.22. The Kier molecular flexibility index (Phi) is 3.09. The molecular formula is C13H14BrN3O. The topological polar surface area (TPSA) is 56.9 Å². The first-order chi connectivity index (χ1) is 8.72. The van der Waals surface area contributed by atoms with Gasteiger partial charge in [0.05, 0.1) is 0 Å². The Balaban J connectivity index is 1.82. The third-order valence-corrected chi connectivity index (χ3v) is 3.72. The largest absolute Gasteiger partial charge is 0.350 e. The van der Waals surface area contributed by atoms with Crippen molar-refractivity contribution >= 4 is 32.7 Å². The van der Waals surface area contributed by atoms with E-state index in [9.17, 15) is 4.79 Å². The Morgan fingerprint density at radius 3 is 3.06 bits per heavy atom. The lowest BCUT2D eigenvalue weighted by Gasteiger charge is -2.09. The molecule has 1 amide bonds. The summed E-state index contributed by atoms with van der Waals surface area (Å²) in [6.07, 6.45) is 0.998. The van der Waals surface area contributed by atoms with Gasteiger partial charge in [0.1, 0.15) is 5.69 Å². The molecule has 2 heterocycles. The van der Waals surface area contributed by atoms with Gasteiger partial charge in [0.2, 0.25) is 0 Å². The Hall–Kier alpha value is -1.33. The molecule has 4 nitrogen and oxygen atoms in total. The van der Waals surface area contributed by atoms with E-state index in [4.69, 9.17) is 0 Å². The number of halogens is 1. The summed E-state index contributed by atoms with van der Waals surface area (Å²) in [4.78, 5) is 15.2. The standard InChI is InChI=1S/C13H14BrN3O/c14-9-2-1-8-5-12(17-11(8)6-9)13(18)16-10-3-4-15-7-10/h1-2,5-6,10,15,17H,3-4,7H2,(H,16,18)/t10-/m0/s1. The van der Waals surface area contributed by atoms with Gasteiger partial charge in [-0.2, -0.15) is 0 Å². The number of rotatable bonds is 2. The van der Waals surface area contributed by atoms with E-state index in [1.807, 2.05) is 24.3 Å². The molecule has 0 spiro atoms. The molecule has 1 saturated heterocycles. The van der Waals surface area contributed by atoms with E-state index >= 15 is 0 Å². The average Bonchev–Trinajstić information content (AvgIpc) is 2.96. The zero-order chi connectivity index (χ0) is 12.5. The highest BCUT2D eigenvalue weighted by Gasteiger charge is 2.18. The zero-order valence-corrected chi connectivity index (χ0v) is 11.4. The first-order valence-electron chi connectivity index (χ1n) is 6.02. The summed E-state index contributed by atoms with van der Waals surface area (Å²) in [5.41, 5.74) is 1.59. The van der Waals surface area contributed by atoms with Gasteiger partial charge >= 0.3 is 0 Å². The quantitative estimate of drug-likeness (QED) is 0.795. The second-order valence-corrected chi connectivity index (χ2v) is 5.49. The van der Waals surface area contributed by atoms with Crippen molar-refractivity contribution < 1.29 is 4.79 Å². The van der Waals surface area contributed by atoms with Gasteiger partial charge in [0.25, 0.3) is 5.91 Å². The summed E-state index contributed by atoms with van der Waals surface area (Å²) in [5, 5.41) is 7.31. The predicted molar refractivity (Wildman–Crippen MR) is 74.7 cm³/mol. The van der Waals surface area contributed by atoms with Crippen molar-refractivity contribution in [1.29, 1.82) is 0 Å². The number of amides is 1. The predicted octanol–water partition coefficient (Wildman–Crippen LogP) is 2.02. The third kappa shape index (κ3) is 2.28. The lowest BCUT2D eigenvalue weighted by molar-refractivity contribution is 0.0936. The molecule has 0 saturated carbocycles. The highest BCUT2D eigenvalue weighted by atomic mass is 79.9. The minimum Gasteiger partial charge on any atom is -0.350 e. The molecule has 18 heavy (non-hydrogen) atoms. The molecule has 5 heteroatoms. The van der Waals surface area contributed by atoms with Crippen LogP contribution < -0.4 is 10.6 Å². The van der Waals surface area contributed by atoms with E-state index in [1.54, 1.807) is 0 Å². The van der Waals surface area contributed by atoms with Gasteiger partial charge in [-0.1, -0.05) is 22.0 Å². The molecule has 1 aliphatic rings. The zero-order valence-electron chi connectivity index (χ0n) is 9.79. The van der Waals surface area contributed by atoms with Crippen molar-refractivity contribution in [3.63, 3.8) is 0 Å². The molecule has 1 fully saturated rings. The number of hydrogen-bond donors (Lipinski definition) is 3. The SMILES string of the molecule is O=C(N[C@H]1CCNC1)c1cc2ccc(Br)cc2[nH]1. The van der Waals surface area contributed by atoms with Crippen molar-refractivity contribution in [2.45, 2.75) is 12.5 Å². The lowest BCUT2D eigenvalue weighted by atomic mass is 10.2. The first-order valence-corrected chi connectivity index (χ1v) is 6.81. The van der Waals surface area contributed by atoms with Crippen LogP contribution in [0, 0.1) is 0 Å². The second-order valence-electron chi connectivity index (χ2n) is 4.58. The number of H-pyrrole nitrogens is 1. The minimum absolute atomic E-state index is 0.0315. The van der Waals surface area contributed by atoms with Crippen LogP contribution in [0.4, 0.5) is 0 Å². The van der Waals surface area contributed by atoms with Crippen LogP contribution in [-0.4, -0.2) is 30.0 Å². The van der Waals surface area contributed by atoms with Gasteiger partial charge < -0.3 is 15.6 Å². The summed E-state index contributed by atoms with van der Waals surface area (Å²) in [5.74, 6) is -0.0315. The highest BCUT2D eigenvalue weighted by Crippen LogP contribution is 2.20. The smallest absolute Gasteiger partial charge is 0.267 e. The summed E-state index contributed by atoms with van der Waals surface area (Å²) in [6, 6.07) is 8.07. The summed E-state index contributed by atoms with van der Waals surface area (Å²) in [7, 11) is 0. The van der Waals surface area contributed by atoms with Crippen LogP contribution in [0.25, 0.3) is 10.9 Å². The molecule has 3 N–H and O–H groups in total. The van der Waals surface area contributed by atoms with Crippen LogP contribution in [0.15, 0.2) is 28.7 Å². The van der Waals surface area contributed by atoms with Crippen LogP contribution >= 0.6 is 15.9 Å². The monoisotopic (exact) mass is 307 g/mol. The second kappa shape index (κ2) is 4.74. The Morgan fingerprint density at radius 2 is 2.28 bits per heavy atom. The van der Waals surface area contributed by atoms with Crippen LogP contribution in [-0.2, 0) is 0 Å². The van der Waals surface area contributed by atoms with E-state index < -0.39 is 0 Å². The molecule has 0 unspecified atom stereocenters.